The van der Waals surface area contributed by atoms with E-state index in [1.807, 2.05) is 25.3 Å². The Morgan fingerprint density at radius 3 is 2.75 bits per heavy atom. The van der Waals surface area contributed by atoms with Gasteiger partial charge in [0.1, 0.15) is 16.8 Å². The van der Waals surface area contributed by atoms with Crippen LogP contribution >= 0.6 is 11.3 Å². The quantitative estimate of drug-likeness (QED) is 0.735. The first-order valence-corrected chi connectivity index (χ1v) is 8.54. The van der Waals surface area contributed by atoms with Crippen molar-refractivity contribution < 1.29 is 14.3 Å². The number of rotatable bonds is 6. The van der Waals surface area contributed by atoms with Crippen LogP contribution in [0.5, 0.6) is 5.75 Å². The van der Waals surface area contributed by atoms with E-state index in [2.05, 4.69) is 10.4 Å². The van der Waals surface area contributed by atoms with Crippen LogP contribution in [0.3, 0.4) is 0 Å². The smallest absolute Gasteiger partial charge is 0.256 e. The van der Waals surface area contributed by atoms with Crippen molar-refractivity contribution in [3.63, 3.8) is 0 Å². The molecule has 2 aromatic heterocycles. The molecule has 0 aliphatic carbocycles. The van der Waals surface area contributed by atoms with Crippen LogP contribution in [0.25, 0.3) is 10.2 Å². The maximum absolute atomic E-state index is 12.5. The minimum Gasteiger partial charge on any atom is -0.497 e. The Hall–Kier alpha value is -2.38. The van der Waals surface area contributed by atoms with E-state index >= 15 is 0 Å². The fraction of sp³-hybridized carbons (Fsp3) is 0.294. The number of nitrogens with one attached hydrogen (secondary N) is 1. The summed E-state index contributed by atoms with van der Waals surface area (Å²) in [4.78, 5) is 13.4. The fourth-order valence-electron chi connectivity index (χ4n) is 2.44. The molecule has 0 fully saturated rings. The van der Waals surface area contributed by atoms with Crippen LogP contribution in [-0.4, -0.2) is 29.4 Å². The second-order valence-electron chi connectivity index (χ2n) is 5.17. The van der Waals surface area contributed by atoms with Crippen molar-refractivity contribution >= 4 is 33.3 Å². The first-order chi connectivity index (χ1) is 11.6. The number of anilines is 1. The van der Waals surface area contributed by atoms with Crippen molar-refractivity contribution in [2.24, 2.45) is 0 Å². The third-order valence-electron chi connectivity index (χ3n) is 3.65. The highest BCUT2D eigenvalue weighted by atomic mass is 32.1. The highest BCUT2D eigenvalue weighted by Crippen LogP contribution is 2.30. The summed E-state index contributed by atoms with van der Waals surface area (Å²) in [6, 6.07) is 8.90. The zero-order chi connectivity index (χ0) is 17.1. The fourth-order valence-corrected chi connectivity index (χ4v) is 3.36. The Bertz CT molecular complexity index is 839. The molecule has 1 amide bonds. The number of carbonyl (C=O) groups excluding carboxylic acids is 1. The molecule has 0 spiro atoms. The van der Waals surface area contributed by atoms with Crippen molar-refractivity contribution in [2.75, 3.05) is 19.0 Å². The maximum Gasteiger partial charge on any atom is 0.256 e. The van der Waals surface area contributed by atoms with Crippen LogP contribution in [0.15, 0.2) is 35.7 Å². The molecule has 1 N–H and O–H groups in total. The van der Waals surface area contributed by atoms with E-state index in [9.17, 15) is 4.79 Å². The van der Waals surface area contributed by atoms with E-state index in [4.69, 9.17) is 9.47 Å². The summed E-state index contributed by atoms with van der Waals surface area (Å²) in [5.41, 5.74) is 0.548. The lowest BCUT2D eigenvalue weighted by Gasteiger charge is -2.12. The molecule has 24 heavy (non-hydrogen) atoms. The van der Waals surface area contributed by atoms with Gasteiger partial charge in [0.15, 0.2) is 5.82 Å². The van der Waals surface area contributed by atoms with Crippen molar-refractivity contribution in [3.05, 3.63) is 41.3 Å². The Balaban J connectivity index is 1.86. The summed E-state index contributed by atoms with van der Waals surface area (Å²) in [5.74, 6) is 1.04. The number of methoxy groups -OCH3 is 1. The Morgan fingerprint density at radius 2 is 2.08 bits per heavy atom. The molecule has 0 bridgehead atoms. The highest BCUT2D eigenvalue weighted by molar-refractivity contribution is 7.16. The molecular formula is C17H19N3O3S. The van der Waals surface area contributed by atoms with Crippen molar-refractivity contribution in [3.8, 4) is 5.75 Å². The van der Waals surface area contributed by atoms with Gasteiger partial charge in [-0.1, -0.05) is 0 Å². The van der Waals surface area contributed by atoms with E-state index < -0.39 is 0 Å². The lowest BCUT2D eigenvalue weighted by atomic mass is 10.2. The predicted molar refractivity (Wildman–Crippen MR) is 94.9 cm³/mol. The number of carbonyl (C=O) groups is 1. The van der Waals surface area contributed by atoms with Gasteiger partial charge in [0.25, 0.3) is 5.91 Å². The van der Waals surface area contributed by atoms with E-state index in [1.165, 1.54) is 0 Å². The van der Waals surface area contributed by atoms with E-state index in [1.54, 1.807) is 47.4 Å². The normalized spacial score (nSPS) is 12.3. The average molecular weight is 345 g/mol. The highest BCUT2D eigenvalue weighted by Gasteiger charge is 2.18. The van der Waals surface area contributed by atoms with Gasteiger partial charge < -0.3 is 14.8 Å². The van der Waals surface area contributed by atoms with Gasteiger partial charge in [-0.05, 0) is 49.6 Å². The third-order valence-corrected chi connectivity index (χ3v) is 4.55. The van der Waals surface area contributed by atoms with Crippen LogP contribution in [0.1, 0.15) is 30.4 Å². The SMILES string of the molecule is CCOC(C)n1nc(NC(=O)c2ccc(OC)cc2)c2ccsc21. The molecule has 1 aromatic carbocycles. The van der Waals surface area contributed by atoms with E-state index in [0.717, 1.165) is 10.2 Å². The lowest BCUT2D eigenvalue weighted by molar-refractivity contribution is 0.0197. The molecule has 0 saturated heterocycles. The summed E-state index contributed by atoms with van der Waals surface area (Å²) < 4.78 is 12.5. The standard InChI is InChI=1S/C17H19N3O3S/c1-4-23-11(2)20-17-14(9-10-24-17)15(19-20)18-16(21)12-5-7-13(22-3)8-6-12/h5-11H,4H2,1-3H3,(H,18,19,21). The van der Waals surface area contributed by atoms with Crippen LogP contribution < -0.4 is 10.1 Å². The summed E-state index contributed by atoms with van der Waals surface area (Å²) in [7, 11) is 1.59. The summed E-state index contributed by atoms with van der Waals surface area (Å²) in [6.07, 6.45) is -0.192. The number of fused-ring (bicyclic) bond motifs is 1. The number of hydrogen-bond donors (Lipinski definition) is 1. The van der Waals surface area contributed by atoms with Crippen molar-refractivity contribution in [2.45, 2.75) is 20.1 Å². The number of hydrogen-bond acceptors (Lipinski definition) is 5. The first-order valence-electron chi connectivity index (χ1n) is 7.66. The van der Waals surface area contributed by atoms with Crippen LogP contribution in [-0.2, 0) is 4.74 Å². The molecule has 7 heteroatoms. The van der Waals surface area contributed by atoms with Gasteiger partial charge in [0.2, 0.25) is 0 Å². The number of ether oxygens (including phenoxy) is 2. The largest absolute Gasteiger partial charge is 0.497 e. The van der Waals surface area contributed by atoms with Gasteiger partial charge in [-0.2, -0.15) is 5.10 Å². The van der Waals surface area contributed by atoms with Crippen LogP contribution in [0.2, 0.25) is 0 Å². The molecule has 1 atom stereocenters. The zero-order valence-electron chi connectivity index (χ0n) is 13.8. The molecule has 6 nitrogen and oxygen atoms in total. The molecule has 1 unspecified atom stereocenters. The van der Waals surface area contributed by atoms with Gasteiger partial charge in [-0.15, -0.1) is 11.3 Å². The Morgan fingerprint density at radius 1 is 1.33 bits per heavy atom. The first kappa shape index (κ1) is 16.5. The Labute approximate surface area is 144 Å². The summed E-state index contributed by atoms with van der Waals surface area (Å²) >= 11 is 1.57. The molecular weight excluding hydrogens is 326 g/mol. The monoisotopic (exact) mass is 345 g/mol. The number of amides is 1. The topological polar surface area (TPSA) is 65.4 Å². The number of nitrogens with zero attached hydrogens (tertiary/aromatic N) is 2. The van der Waals surface area contributed by atoms with Gasteiger partial charge in [-0.3, -0.25) is 4.79 Å². The van der Waals surface area contributed by atoms with Gasteiger partial charge in [0, 0.05) is 12.2 Å². The molecule has 0 radical (unpaired) electrons. The number of benzene rings is 1. The predicted octanol–water partition coefficient (Wildman–Crippen LogP) is 3.91. The van der Waals surface area contributed by atoms with E-state index in [-0.39, 0.29) is 12.1 Å². The molecule has 2 heterocycles. The minimum absolute atomic E-state index is 0.192. The minimum atomic E-state index is -0.209. The molecule has 126 valence electrons. The molecule has 3 rings (SSSR count). The summed E-state index contributed by atoms with van der Waals surface area (Å²) in [5, 5.41) is 10.3. The Kier molecular flexibility index (Phi) is 4.82. The van der Waals surface area contributed by atoms with Gasteiger partial charge in [0.05, 0.1) is 12.5 Å². The third kappa shape index (κ3) is 3.13. The van der Waals surface area contributed by atoms with Crippen LogP contribution in [0, 0.1) is 0 Å². The average Bonchev–Trinajstić information content (AvgIpc) is 3.19. The van der Waals surface area contributed by atoms with Gasteiger partial charge in [-0.25, -0.2) is 4.68 Å². The summed E-state index contributed by atoms with van der Waals surface area (Å²) in [6.45, 7) is 4.48. The molecule has 0 aliphatic rings. The van der Waals surface area contributed by atoms with Crippen molar-refractivity contribution in [1.29, 1.82) is 0 Å². The zero-order valence-corrected chi connectivity index (χ0v) is 14.6. The second-order valence-corrected chi connectivity index (χ2v) is 6.06. The number of thiophene rings is 1. The molecule has 0 aliphatic heterocycles. The molecule has 3 aromatic rings. The van der Waals surface area contributed by atoms with Crippen LogP contribution in [0.4, 0.5) is 5.82 Å². The second kappa shape index (κ2) is 7.02. The lowest BCUT2D eigenvalue weighted by Crippen LogP contribution is -2.14. The maximum atomic E-state index is 12.5. The molecule has 0 saturated carbocycles. The van der Waals surface area contributed by atoms with E-state index in [0.29, 0.717) is 23.7 Å². The van der Waals surface area contributed by atoms with Crippen molar-refractivity contribution in [1.82, 2.24) is 9.78 Å². The van der Waals surface area contributed by atoms with Gasteiger partial charge >= 0.3 is 0 Å². The number of aromatic nitrogens is 2.